The van der Waals surface area contributed by atoms with Crippen molar-refractivity contribution in [2.75, 3.05) is 23.3 Å². The summed E-state index contributed by atoms with van der Waals surface area (Å²) >= 11 is 0.999. The minimum atomic E-state index is -4.00. The van der Waals surface area contributed by atoms with Gasteiger partial charge in [0.05, 0.1) is 12.3 Å². The number of carbonyl (C=O) groups excluding carboxylic acids is 1. The van der Waals surface area contributed by atoms with Gasteiger partial charge in [0, 0.05) is 12.7 Å². The lowest BCUT2D eigenvalue weighted by atomic mass is 9.80. The highest BCUT2D eigenvalue weighted by Gasteiger charge is 2.28. The van der Waals surface area contributed by atoms with Crippen LogP contribution >= 0.6 is 11.3 Å². The van der Waals surface area contributed by atoms with Crippen molar-refractivity contribution in [3.05, 3.63) is 64.9 Å². The summed E-state index contributed by atoms with van der Waals surface area (Å²) in [7, 11) is -4.27. The topological polar surface area (TPSA) is 116 Å². The van der Waals surface area contributed by atoms with Crippen LogP contribution in [0.15, 0.2) is 64.9 Å². The van der Waals surface area contributed by atoms with Gasteiger partial charge in [-0.25, -0.2) is 8.42 Å². The molecule has 0 aliphatic carbocycles. The number of hydrogen-bond donors (Lipinski definition) is 3. The summed E-state index contributed by atoms with van der Waals surface area (Å²) in [5.41, 5.74) is 0.935. The Morgan fingerprint density at radius 3 is 2.52 bits per heavy atom. The van der Waals surface area contributed by atoms with Crippen molar-refractivity contribution in [1.29, 1.82) is 0 Å². The summed E-state index contributed by atoms with van der Waals surface area (Å²) in [4.78, 5) is 12.7. The van der Waals surface area contributed by atoms with Gasteiger partial charge in [-0.15, -0.1) is 11.3 Å². The van der Waals surface area contributed by atoms with E-state index in [1.165, 1.54) is 30.6 Å². The molecule has 0 saturated heterocycles. The van der Waals surface area contributed by atoms with Crippen molar-refractivity contribution in [2.45, 2.75) is 11.8 Å². The molecule has 0 saturated carbocycles. The van der Waals surface area contributed by atoms with Crippen molar-refractivity contribution >= 4 is 51.2 Å². The zero-order chi connectivity index (χ0) is 22.6. The van der Waals surface area contributed by atoms with Crippen molar-refractivity contribution in [3.63, 3.8) is 0 Å². The quantitative estimate of drug-likeness (QED) is 0.443. The summed E-state index contributed by atoms with van der Waals surface area (Å²) in [6.45, 7) is 2.36. The third-order valence-electron chi connectivity index (χ3n) is 4.43. The molecule has 11 heteroatoms. The molecule has 3 N–H and O–H groups in total. The van der Waals surface area contributed by atoms with E-state index in [0.29, 0.717) is 23.7 Å². The molecule has 0 atom stereocenters. The lowest BCUT2D eigenvalue weighted by Crippen LogP contribution is -2.30. The minimum absolute atomic E-state index is 0.0211. The predicted octanol–water partition coefficient (Wildman–Crippen LogP) is 1.90. The van der Waals surface area contributed by atoms with E-state index >= 15 is 0 Å². The highest BCUT2D eigenvalue weighted by molar-refractivity contribution is 7.93. The maximum atomic E-state index is 13.2. The summed E-state index contributed by atoms with van der Waals surface area (Å²) in [6, 6.07) is 14.0. The van der Waals surface area contributed by atoms with Crippen LogP contribution in [0.25, 0.3) is 0 Å². The van der Waals surface area contributed by atoms with E-state index < -0.39 is 23.0 Å². The fourth-order valence-corrected chi connectivity index (χ4v) is 5.33. The molecule has 1 amide bonds. The van der Waals surface area contributed by atoms with Crippen LogP contribution in [0.5, 0.6) is 5.75 Å². The number of carbonyl (C=O) groups is 1. The Morgan fingerprint density at radius 1 is 1.16 bits per heavy atom. The second-order valence-electron chi connectivity index (χ2n) is 6.47. The Hall–Kier alpha value is -2.86. The Bertz CT molecular complexity index is 1160. The number of thiophene rings is 1. The minimum Gasteiger partial charge on any atom is -0.494 e. The number of rotatable bonds is 8. The molecule has 1 heterocycles. The fraction of sp³-hybridized carbons (Fsp3) is 0.150. The van der Waals surface area contributed by atoms with Crippen LogP contribution in [-0.2, 0) is 10.0 Å². The van der Waals surface area contributed by atoms with Crippen LogP contribution in [0.2, 0.25) is 0 Å². The number of anilines is 2. The van der Waals surface area contributed by atoms with Crippen LogP contribution < -0.4 is 19.8 Å². The van der Waals surface area contributed by atoms with Crippen LogP contribution in [0.3, 0.4) is 0 Å². The van der Waals surface area contributed by atoms with Gasteiger partial charge in [-0.05, 0) is 60.2 Å². The first-order valence-corrected chi connectivity index (χ1v) is 11.6. The third kappa shape index (κ3) is 5.08. The zero-order valence-electron chi connectivity index (χ0n) is 16.8. The molecule has 0 aliphatic heterocycles. The molecular weight excluding hydrogens is 439 g/mol. The second kappa shape index (κ2) is 9.52. The monoisotopic (exact) mass is 460 g/mol. The van der Waals surface area contributed by atoms with E-state index in [1.807, 2.05) is 6.92 Å². The van der Waals surface area contributed by atoms with Gasteiger partial charge in [0.2, 0.25) is 0 Å². The molecule has 3 rings (SSSR count). The van der Waals surface area contributed by atoms with Crippen LogP contribution in [0.1, 0.15) is 16.6 Å². The maximum absolute atomic E-state index is 13.2. The second-order valence-corrected chi connectivity index (χ2v) is 9.32. The van der Waals surface area contributed by atoms with Gasteiger partial charge in [0.25, 0.3) is 15.9 Å². The van der Waals surface area contributed by atoms with Crippen LogP contribution in [-0.4, -0.2) is 45.1 Å². The Morgan fingerprint density at radius 2 is 1.87 bits per heavy atom. The first-order chi connectivity index (χ1) is 14.7. The van der Waals surface area contributed by atoms with Gasteiger partial charge in [-0.3, -0.25) is 9.10 Å². The average molecular weight is 460 g/mol. The third-order valence-corrected chi connectivity index (χ3v) is 7.30. The number of benzene rings is 2. The molecule has 31 heavy (non-hydrogen) atoms. The maximum Gasteiger partial charge on any atom is 0.488 e. The normalized spacial score (nSPS) is 11.1. The molecule has 0 spiro atoms. The summed E-state index contributed by atoms with van der Waals surface area (Å²) in [5.74, 6) is 0.0149. The van der Waals surface area contributed by atoms with Crippen molar-refractivity contribution < 1.29 is 28.0 Å². The molecule has 3 aromatic rings. The lowest BCUT2D eigenvalue weighted by Gasteiger charge is -2.20. The molecule has 1 aromatic heterocycles. The molecule has 0 radical (unpaired) electrons. The van der Waals surface area contributed by atoms with Crippen LogP contribution in [0, 0.1) is 0 Å². The summed E-state index contributed by atoms with van der Waals surface area (Å²) in [6.07, 6.45) is 0. The number of nitrogens with one attached hydrogen (secondary N) is 1. The number of ether oxygens (including phenoxy) is 1. The average Bonchev–Trinajstić information content (AvgIpc) is 3.25. The fourth-order valence-electron chi connectivity index (χ4n) is 2.84. The molecule has 2 aromatic carbocycles. The van der Waals surface area contributed by atoms with Gasteiger partial charge in [-0.2, -0.15) is 0 Å². The number of amides is 1. The van der Waals surface area contributed by atoms with E-state index in [4.69, 9.17) is 4.74 Å². The molecule has 0 bridgehead atoms. The van der Waals surface area contributed by atoms with Crippen molar-refractivity contribution in [1.82, 2.24) is 0 Å². The van der Waals surface area contributed by atoms with Crippen LogP contribution in [0.4, 0.5) is 11.4 Å². The summed E-state index contributed by atoms with van der Waals surface area (Å²) < 4.78 is 32.8. The van der Waals surface area contributed by atoms with Gasteiger partial charge in [0.15, 0.2) is 0 Å². The van der Waals surface area contributed by atoms with Gasteiger partial charge < -0.3 is 20.1 Å². The molecule has 162 valence electrons. The molecule has 8 nitrogen and oxygen atoms in total. The first kappa shape index (κ1) is 22.8. The Balaban J connectivity index is 1.85. The Kier molecular flexibility index (Phi) is 7.01. The van der Waals surface area contributed by atoms with Gasteiger partial charge >= 0.3 is 7.12 Å². The SMILES string of the molecule is CCOc1ccc(N(C)S(=O)(=O)c2ccsc2C(=O)Nc2cccc(B(O)O)c2)cc1. The van der Waals surface area contributed by atoms with E-state index in [9.17, 15) is 23.3 Å². The highest BCUT2D eigenvalue weighted by atomic mass is 32.2. The lowest BCUT2D eigenvalue weighted by molar-refractivity contribution is 0.102. The van der Waals surface area contributed by atoms with E-state index in [0.717, 1.165) is 15.6 Å². The van der Waals surface area contributed by atoms with Gasteiger partial charge in [0.1, 0.15) is 15.5 Å². The number of nitrogens with zero attached hydrogens (tertiary/aromatic N) is 1. The van der Waals surface area contributed by atoms with E-state index in [2.05, 4.69) is 5.32 Å². The predicted molar refractivity (Wildman–Crippen MR) is 122 cm³/mol. The largest absolute Gasteiger partial charge is 0.494 e. The number of hydrogen-bond acceptors (Lipinski definition) is 7. The van der Waals surface area contributed by atoms with E-state index in [1.54, 1.807) is 36.4 Å². The zero-order valence-corrected chi connectivity index (χ0v) is 18.5. The van der Waals surface area contributed by atoms with Crippen molar-refractivity contribution in [3.8, 4) is 5.75 Å². The van der Waals surface area contributed by atoms with E-state index in [-0.39, 0.29) is 15.2 Å². The first-order valence-electron chi connectivity index (χ1n) is 9.30. The standard InChI is InChI=1S/C20H21BN2O6S2/c1-3-29-17-9-7-16(8-10-17)23(2)31(27,28)18-11-12-30-19(18)20(24)22-15-6-4-5-14(13-15)21(25)26/h4-13,25-26H,3H2,1-2H3,(H,22,24). The Labute approximate surface area is 184 Å². The molecule has 0 aliphatic rings. The van der Waals surface area contributed by atoms with Gasteiger partial charge in [-0.1, -0.05) is 12.1 Å². The summed E-state index contributed by atoms with van der Waals surface area (Å²) in [5, 5.41) is 22.7. The smallest absolute Gasteiger partial charge is 0.488 e. The van der Waals surface area contributed by atoms with Crippen molar-refractivity contribution in [2.24, 2.45) is 0 Å². The highest BCUT2D eigenvalue weighted by Crippen LogP contribution is 2.29. The molecular formula is C20H21BN2O6S2. The number of sulfonamides is 1. The molecule has 0 fully saturated rings. The molecule has 0 unspecified atom stereocenters.